The second kappa shape index (κ2) is 5.21. The Bertz CT molecular complexity index is 281. The lowest BCUT2D eigenvalue weighted by Crippen LogP contribution is -2.17. The van der Waals surface area contributed by atoms with E-state index in [2.05, 4.69) is 52.2 Å². The lowest BCUT2D eigenvalue weighted by atomic mass is 10.1. The minimum absolute atomic E-state index is 0.0959. The molecule has 1 aromatic carbocycles. The van der Waals surface area contributed by atoms with Crippen LogP contribution in [0, 0.1) is 3.57 Å². The van der Waals surface area contributed by atoms with Crippen molar-refractivity contribution < 1.29 is 4.79 Å². The molecule has 0 atom stereocenters. The van der Waals surface area contributed by atoms with E-state index in [1.807, 2.05) is 0 Å². The van der Waals surface area contributed by atoms with Gasteiger partial charge in [0.05, 0.1) is 0 Å². The highest BCUT2D eigenvalue weighted by Crippen LogP contribution is 2.08. The molecular weight excluding hydrogens is 277 g/mol. The van der Waals surface area contributed by atoms with Crippen molar-refractivity contribution in [2.45, 2.75) is 12.8 Å². The van der Waals surface area contributed by atoms with Gasteiger partial charge in [0.1, 0.15) is 0 Å². The largest absolute Gasteiger partial charge is 0.359 e. The number of hydrogen-bond donors (Lipinski definition) is 1. The number of halogens is 1. The van der Waals surface area contributed by atoms with E-state index in [0.29, 0.717) is 6.42 Å². The number of carbonyl (C=O) groups excluding carboxylic acids is 1. The topological polar surface area (TPSA) is 29.1 Å². The van der Waals surface area contributed by atoms with Crippen LogP contribution >= 0.6 is 22.6 Å². The first-order chi connectivity index (χ1) is 6.22. The van der Waals surface area contributed by atoms with Gasteiger partial charge < -0.3 is 5.32 Å². The van der Waals surface area contributed by atoms with Gasteiger partial charge in [0.2, 0.25) is 5.91 Å². The zero-order valence-electron chi connectivity index (χ0n) is 7.51. The number of hydrogen-bond acceptors (Lipinski definition) is 1. The molecule has 0 radical (unpaired) electrons. The number of rotatable bonds is 3. The van der Waals surface area contributed by atoms with Gasteiger partial charge >= 0.3 is 0 Å². The Morgan fingerprint density at radius 1 is 1.38 bits per heavy atom. The molecule has 70 valence electrons. The van der Waals surface area contributed by atoms with E-state index < -0.39 is 0 Å². The average molecular weight is 289 g/mol. The Morgan fingerprint density at radius 3 is 2.54 bits per heavy atom. The SMILES string of the molecule is CNC(=O)CCc1ccc(I)cc1. The fraction of sp³-hybridized carbons (Fsp3) is 0.300. The van der Waals surface area contributed by atoms with Crippen molar-refractivity contribution in [2.75, 3.05) is 7.05 Å². The van der Waals surface area contributed by atoms with Crippen LogP contribution in [0.25, 0.3) is 0 Å². The summed E-state index contributed by atoms with van der Waals surface area (Å²) in [5, 5.41) is 2.61. The van der Waals surface area contributed by atoms with Crippen LogP contribution in [0.4, 0.5) is 0 Å². The number of nitrogens with one attached hydrogen (secondary N) is 1. The van der Waals surface area contributed by atoms with Crippen LogP contribution in [0.15, 0.2) is 24.3 Å². The molecule has 0 aliphatic rings. The third kappa shape index (κ3) is 3.76. The predicted molar refractivity (Wildman–Crippen MR) is 61.5 cm³/mol. The van der Waals surface area contributed by atoms with Gasteiger partial charge in [0.25, 0.3) is 0 Å². The minimum atomic E-state index is 0.0959. The van der Waals surface area contributed by atoms with Gasteiger partial charge in [-0.1, -0.05) is 12.1 Å². The van der Waals surface area contributed by atoms with Crippen molar-refractivity contribution in [3.63, 3.8) is 0 Å². The highest BCUT2D eigenvalue weighted by Gasteiger charge is 1.98. The second-order valence-corrected chi connectivity index (χ2v) is 4.05. The standard InChI is InChI=1S/C10H12INO/c1-12-10(13)7-4-8-2-5-9(11)6-3-8/h2-3,5-6H,4,7H2,1H3,(H,12,13). The van der Waals surface area contributed by atoms with Gasteiger partial charge in [-0.15, -0.1) is 0 Å². The third-order valence-corrected chi connectivity index (χ3v) is 2.55. The van der Waals surface area contributed by atoms with Crippen molar-refractivity contribution in [2.24, 2.45) is 0 Å². The summed E-state index contributed by atoms with van der Waals surface area (Å²) in [6, 6.07) is 8.23. The van der Waals surface area contributed by atoms with Crippen molar-refractivity contribution >= 4 is 28.5 Å². The summed E-state index contributed by atoms with van der Waals surface area (Å²) in [4.78, 5) is 10.9. The summed E-state index contributed by atoms with van der Waals surface area (Å²) in [7, 11) is 1.66. The quantitative estimate of drug-likeness (QED) is 0.847. The summed E-state index contributed by atoms with van der Waals surface area (Å²) >= 11 is 2.27. The van der Waals surface area contributed by atoms with E-state index in [1.54, 1.807) is 7.05 Å². The highest BCUT2D eigenvalue weighted by molar-refractivity contribution is 14.1. The first kappa shape index (κ1) is 10.5. The van der Waals surface area contributed by atoms with Gasteiger partial charge in [-0.2, -0.15) is 0 Å². The first-order valence-electron chi connectivity index (χ1n) is 4.17. The molecular formula is C10H12INO. The summed E-state index contributed by atoms with van der Waals surface area (Å²) < 4.78 is 1.22. The van der Waals surface area contributed by atoms with E-state index in [1.165, 1.54) is 9.13 Å². The van der Waals surface area contributed by atoms with Crippen LogP contribution in [0.5, 0.6) is 0 Å². The summed E-state index contributed by atoms with van der Waals surface area (Å²) in [6.07, 6.45) is 1.38. The lowest BCUT2D eigenvalue weighted by molar-refractivity contribution is -0.120. The van der Waals surface area contributed by atoms with Gasteiger partial charge in [-0.3, -0.25) is 4.79 Å². The predicted octanol–water partition coefficient (Wildman–Crippen LogP) is 1.97. The summed E-state index contributed by atoms with van der Waals surface area (Å²) in [5.74, 6) is 0.0959. The van der Waals surface area contributed by atoms with Crippen LogP contribution in [0.1, 0.15) is 12.0 Å². The molecule has 0 bridgehead atoms. The zero-order valence-corrected chi connectivity index (χ0v) is 9.67. The molecule has 1 N–H and O–H groups in total. The number of benzene rings is 1. The molecule has 1 rings (SSSR count). The van der Waals surface area contributed by atoms with Crippen LogP contribution in [0.2, 0.25) is 0 Å². The van der Waals surface area contributed by atoms with Crippen LogP contribution in [-0.2, 0) is 11.2 Å². The summed E-state index contributed by atoms with van der Waals surface area (Å²) in [5.41, 5.74) is 1.21. The molecule has 0 aromatic heterocycles. The maximum absolute atomic E-state index is 10.9. The van der Waals surface area contributed by atoms with Crippen LogP contribution < -0.4 is 5.32 Å². The van der Waals surface area contributed by atoms with E-state index in [0.717, 1.165) is 6.42 Å². The fourth-order valence-corrected chi connectivity index (χ4v) is 1.39. The van der Waals surface area contributed by atoms with Crippen molar-refractivity contribution in [3.8, 4) is 0 Å². The molecule has 13 heavy (non-hydrogen) atoms. The van der Waals surface area contributed by atoms with E-state index in [4.69, 9.17) is 0 Å². The van der Waals surface area contributed by atoms with E-state index in [9.17, 15) is 4.79 Å². The second-order valence-electron chi connectivity index (χ2n) is 2.80. The van der Waals surface area contributed by atoms with Gasteiger partial charge in [0, 0.05) is 17.0 Å². The molecule has 0 saturated carbocycles. The molecule has 0 saturated heterocycles. The third-order valence-electron chi connectivity index (χ3n) is 1.83. The Kier molecular flexibility index (Phi) is 4.21. The number of amides is 1. The number of carbonyl (C=O) groups is 1. The highest BCUT2D eigenvalue weighted by atomic mass is 127. The Hall–Kier alpha value is -0.580. The van der Waals surface area contributed by atoms with Gasteiger partial charge in [0.15, 0.2) is 0 Å². The number of aryl methyl sites for hydroxylation is 1. The first-order valence-corrected chi connectivity index (χ1v) is 5.25. The normalized spacial score (nSPS) is 9.69. The summed E-state index contributed by atoms with van der Waals surface area (Å²) in [6.45, 7) is 0. The van der Waals surface area contributed by atoms with Crippen molar-refractivity contribution in [1.82, 2.24) is 5.32 Å². The van der Waals surface area contributed by atoms with Crippen LogP contribution in [0.3, 0.4) is 0 Å². The van der Waals surface area contributed by atoms with Crippen LogP contribution in [-0.4, -0.2) is 13.0 Å². The zero-order chi connectivity index (χ0) is 9.68. The molecule has 0 unspecified atom stereocenters. The maximum Gasteiger partial charge on any atom is 0.220 e. The Balaban J connectivity index is 2.46. The average Bonchev–Trinajstić information content (AvgIpc) is 2.16. The van der Waals surface area contributed by atoms with Gasteiger partial charge in [-0.25, -0.2) is 0 Å². The molecule has 1 aromatic rings. The Morgan fingerprint density at radius 2 is 2.00 bits per heavy atom. The van der Waals surface area contributed by atoms with Gasteiger partial charge in [-0.05, 0) is 46.7 Å². The van der Waals surface area contributed by atoms with Crippen molar-refractivity contribution in [3.05, 3.63) is 33.4 Å². The molecule has 1 amide bonds. The molecule has 0 aliphatic carbocycles. The fourth-order valence-electron chi connectivity index (χ4n) is 1.03. The lowest BCUT2D eigenvalue weighted by Gasteiger charge is -2.00. The van der Waals surface area contributed by atoms with E-state index >= 15 is 0 Å². The molecule has 2 nitrogen and oxygen atoms in total. The molecule has 0 spiro atoms. The molecule has 0 aliphatic heterocycles. The Labute approximate surface area is 91.9 Å². The van der Waals surface area contributed by atoms with Crippen molar-refractivity contribution in [1.29, 1.82) is 0 Å². The molecule has 0 heterocycles. The van der Waals surface area contributed by atoms with E-state index in [-0.39, 0.29) is 5.91 Å². The maximum atomic E-state index is 10.9. The smallest absolute Gasteiger partial charge is 0.220 e. The monoisotopic (exact) mass is 289 g/mol. The molecule has 3 heteroatoms. The molecule has 0 fully saturated rings. The minimum Gasteiger partial charge on any atom is -0.359 e.